The second-order valence-electron chi connectivity index (χ2n) is 12.0. The minimum absolute atomic E-state index is 0.134. The number of aromatic hydroxyl groups is 1. The molecule has 52 heavy (non-hydrogen) atoms. The highest BCUT2D eigenvalue weighted by Gasteiger charge is 2.25. The Morgan fingerprint density at radius 3 is 1.69 bits per heavy atom. The third-order valence-electron chi connectivity index (χ3n) is 8.42. The van der Waals surface area contributed by atoms with E-state index in [4.69, 9.17) is 14.2 Å². The number of carbonyl (C=O) groups is 2. The van der Waals surface area contributed by atoms with E-state index in [1.165, 1.54) is 30.0 Å². The quantitative estimate of drug-likeness (QED) is 0.168. The Morgan fingerprint density at radius 1 is 0.692 bits per heavy atom. The zero-order valence-corrected chi connectivity index (χ0v) is 29.6. The van der Waals surface area contributed by atoms with E-state index in [1.807, 2.05) is 30.3 Å². The van der Waals surface area contributed by atoms with Crippen LogP contribution in [0.5, 0.6) is 11.5 Å². The van der Waals surface area contributed by atoms with Crippen LogP contribution in [-0.2, 0) is 39.8 Å². The maximum absolute atomic E-state index is 12.0. The van der Waals surface area contributed by atoms with Gasteiger partial charge in [-0.3, -0.25) is 9.59 Å². The molecular formula is C38H40N8O6. The maximum Gasteiger partial charge on any atom is 0.306 e. The summed E-state index contributed by atoms with van der Waals surface area (Å²) < 4.78 is 18.7. The number of methoxy groups -OCH3 is 2. The number of phenols is 1. The van der Waals surface area contributed by atoms with Gasteiger partial charge in [0.15, 0.2) is 11.6 Å². The average molecular weight is 705 g/mol. The molecule has 14 heteroatoms. The Hall–Kier alpha value is -6.44. The second kappa shape index (κ2) is 17.5. The number of ether oxygens (including phenoxy) is 3. The van der Waals surface area contributed by atoms with Crippen LogP contribution in [0.3, 0.4) is 0 Å². The van der Waals surface area contributed by atoms with Gasteiger partial charge in [-0.25, -0.2) is 9.36 Å². The van der Waals surface area contributed by atoms with E-state index < -0.39 is 0 Å². The van der Waals surface area contributed by atoms with Crippen LogP contribution in [0, 0.1) is 6.92 Å². The number of hydrogen-bond donors (Lipinski definition) is 1. The van der Waals surface area contributed by atoms with Gasteiger partial charge in [-0.1, -0.05) is 72.3 Å². The first-order valence-electron chi connectivity index (χ1n) is 16.4. The summed E-state index contributed by atoms with van der Waals surface area (Å²) in [6.45, 7) is 2.54. The molecule has 0 saturated carbocycles. The van der Waals surface area contributed by atoms with E-state index in [-0.39, 0.29) is 42.4 Å². The number of aryl methyl sites for hydroxylation is 3. The molecule has 0 unspecified atom stereocenters. The Labute approximate surface area is 301 Å². The van der Waals surface area contributed by atoms with Crippen LogP contribution in [0.15, 0.2) is 97.1 Å². The monoisotopic (exact) mass is 704 g/mol. The molecule has 268 valence electrons. The van der Waals surface area contributed by atoms with Crippen molar-refractivity contribution >= 4 is 11.9 Å². The predicted molar refractivity (Wildman–Crippen MR) is 190 cm³/mol. The van der Waals surface area contributed by atoms with Crippen molar-refractivity contribution in [2.75, 3.05) is 14.2 Å². The number of esters is 2. The summed E-state index contributed by atoms with van der Waals surface area (Å²) in [5.41, 5.74) is 6.42. The molecule has 4 aromatic carbocycles. The van der Waals surface area contributed by atoms with Gasteiger partial charge in [-0.15, -0.1) is 10.2 Å². The van der Waals surface area contributed by atoms with E-state index in [2.05, 4.69) is 80.4 Å². The van der Waals surface area contributed by atoms with E-state index >= 15 is 0 Å². The normalized spacial score (nSPS) is 11.9. The number of nitrogens with zero attached hydrogens (tertiary/aromatic N) is 8. The van der Waals surface area contributed by atoms with Crippen molar-refractivity contribution in [2.24, 2.45) is 14.1 Å². The van der Waals surface area contributed by atoms with Gasteiger partial charge in [-0.2, -0.15) is 0 Å². The zero-order valence-electron chi connectivity index (χ0n) is 29.6. The van der Waals surface area contributed by atoms with Crippen molar-refractivity contribution in [3.63, 3.8) is 0 Å². The van der Waals surface area contributed by atoms with Crippen LogP contribution in [0.4, 0.5) is 0 Å². The number of hydrogen-bond acceptors (Lipinski definition) is 12. The fraction of sp³-hybridized carbons (Fsp3) is 0.263. The Bertz CT molecular complexity index is 2060. The van der Waals surface area contributed by atoms with E-state index in [1.54, 1.807) is 43.0 Å². The molecular weight excluding hydrogens is 664 g/mol. The van der Waals surface area contributed by atoms with Crippen molar-refractivity contribution < 1.29 is 28.9 Å². The third-order valence-corrected chi connectivity index (χ3v) is 8.42. The number of phenolic OH excluding ortho intramolecular Hbond substituents is 1. The Balaban J connectivity index is 0.000000233. The molecule has 6 aromatic rings. The SMILES string of the molecule is COC(=O)C[C@@H](c1ccc(O)cc1)c1nnnn1C.COC(=O)C[C@@H](c1ccc(OCc2cccc(-c3ccc(C)cc3)c2)cc1)c1nnnn1C. The Kier molecular flexibility index (Phi) is 12.4. The second-order valence-corrected chi connectivity index (χ2v) is 12.0. The van der Waals surface area contributed by atoms with Gasteiger partial charge in [0, 0.05) is 14.1 Å². The number of rotatable bonds is 12. The molecule has 0 radical (unpaired) electrons. The maximum atomic E-state index is 12.0. The van der Waals surface area contributed by atoms with Crippen molar-refractivity contribution in [2.45, 2.75) is 38.2 Å². The van der Waals surface area contributed by atoms with Gasteiger partial charge in [0.25, 0.3) is 0 Å². The highest BCUT2D eigenvalue weighted by atomic mass is 16.5. The van der Waals surface area contributed by atoms with Crippen LogP contribution in [0.25, 0.3) is 11.1 Å². The fourth-order valence-corrected chi connectivity index (χ4v) is 5.54. The molecule has 2 heterocycles. The molecule has 0 bridgehead atoms. The molecule has 14 nitrogen and oxygen atoms in total. The summed E-state index contributed by atoms with van der Waals surface area (Å²) in [6.07, 6.45) is 0.284. The average Bonchev–Trinajstić information content (AvgIpc) is 3.80. The largest absolute Gasteiger partial charge is 0.508 e. The van der Waals surface area contributed by atoms with Crippen LogP contribution in [0.2, 0.25) is 0 Å². The highest BCUT2D eigenvalue weighted by Crippen LogP contribution is 2.29. The predicted octanol–water partition coefficient (Wildman–Crippen LogP) is 5.07. The van der Waals surface area contributed by atoms with Crippen molar-refractivity contribution in [1.29, 1.82) is 0 Å². The number of aromatic nitrogens is 8. The van der Waals surface area contributed by atoms with E-state index in [9.17, 15) is 14.7 Å². The van der Waals surface area contributed by atoms with Gasteiger partial charge in [-0.05, 0) is 85.9 Å². The lowest BCUT2D eigenvalue weighted by molar-refractivity contribution is -0.141. The topological polar surface area (TPSA) is 169 Å². The Morgan fingerprint density at radius 2 is 1.21 bits per heavy atom. The van der Waals surface area contributed by atoms with Gasteiger partial charge in [0.05, 0.1) is 38.9 Å². The zero-order chi connectivity index (χ0) is 37.0. The molecule has 2 atom stereocenters. The lowest BCUT2D eigenvalue weighted by Gasteiger charge is -2.15. The smallest absolute Gasteiger partial charge is 0.306 e. The summed E-state index contributed by atoms with van der Waals surface area (Å²) in [6, 6.07) is 31.1. The van der Waals surface area contributed by atoms with Crippen molar-refractivity contribution in [1.82, 2.24) is 40.4 Å². The lowest BCUT2D eigenvalue weighted by Crippen LogP contribution is -2.14. The van der Waals surface area contributed by atoms with Crippen molar-refractivity contribution in [3.05, 3.63) is 131 Å². The summed E-state index contributed by atoms with van der Waals surface area (Å²) in [7, 11) is 6.17. The first-order chi connectivity index (χ1) is 25.1. The first kappa shape index (κ1) is 36.8. The minimum Gasteiger partial charge on any atom is -0.508 e. The van der Waals surface area contributed by atoms with Gasteiger partial charge < -0.3 is 19.3 Å². The summed E-state index contributed by atoms with van der Waals surface area (Å²) in [4.78, 5) is 23.5. The van der Waals surface area contributed by atoms with Crippen LogP contribution < -0.4 is 4.74 Å². The van der Waals surface area contributed by atoms with Gasteiger partial charge in [0.2, 0.25) is 0 Å². The molecule has 0 aliphatic carbocycles. The molecule has 0 saturated heterocycles. The fourth-order valence-electron chi connectivity index (χ4n) is 5.54. The molecule has 0 aliphatic heterocycles. The van der Waals surface area contributed by atoms with Gasteiger partial charge in [0.1, 0.15) is 18.1 Å². The molecule has 2 aromatic heterocycles. The number of tetrazole rings is 2. The molecule has 0 spiro atoms. The molecule has 0 aliphatic rings. The summed E-state index contributed by atoms with van der Waals surface area (Å²) in [5.74, 6) is 0.783. The van der Waals surface area contributed by atoms with E-state index in [0.717, 1.165) is 28.0 Å². The standard InChI is InChI=1S/C26H26N4O3.C12H14N4O3/c1-18-7-9-20(10-8-18)22-6-4-5-19(15-22)17-33-23-13-11-21(12-14-23)24(16-25(31)32-3)26-27-28-29-30(26)2;1-16-12(13-14-15-16)10(7-11(18)19-2)8-3-5-9(17)6-4-8/h4-15,24H,16-17H2,1-3H3;3-6,10,17H,7H2,1-2H3/t24-;10-/m00/s1. The lowest BCUT2D eigenvalue weighted by atomic mass is 9.95. The highest BCUT2D eigenvalue weighted by molar-refractivity contribution is 5.71. The first-order valence-corrected chi connectivity index (χ1v) is 16.4. The van der Waals surface area contributed by atoms with Crippen LogP contribution >= 0.6 is 0 Å². The van der Waals surface area contributed by atoms with Gasteiger partial charge >= 0.3 is 11.9 Å². The molecule has 0 amide bonds. The molecule has 1 N–H and O–H groups in total. The van der Waals surface area contributed by atoms with E-state index in [0.29, 0.717) is 18.3 Å². The molecule has 0 fully saturated rings. The van der Waals surface area contributed by atoms with Crippen LogP contribution in [0.1, 0.15) is 58.6 Å². The molecule has 6 rings (SSSR count). The van der Waals surface area contributed by atoms with Crippen LogP contribution in [-0.4, -0.2) is 71.7 Å². The number of benzene rings is 4. The summed E-state index contributed by atoms with van der Waals surface area (Å²) in [5, 5.41) is 32.3. The van der Waals surface area contributed by atoms with Crippen molar-refractivity contribution in [3.8, 4) is 22.6 Å². The summed E-state index contributed by atoms with van der Waals surface area (Å²) >= 11 is 0. The minimum atomic E-state index is -0.346. The number of carbonyl (C=O) groups excluding carboxylic acids is 2. The third kappa shape index (κ3) is 9.62.